The molecule has 1 rings (SSSR count). The molecule has 0 radical (unpaired) electrons. The highest BCUT2D eigenvalue weighted by Crippen LogP contribution is 2.42. The maximum Gasteiger partial charge on any atom is 0.244 e. The van der Waals surface area contributed by atoms with Crippen LogP contribution in [0.4, 0.5) is 0 Å². The highest BCUT2D eigenvalue weighted by atomic mass is 79.9. The van der Waals surface area contributed by atoms with Crippen molar-refractivity contribution in [3.05, 3.63) is 13.1 Å². The molecular weight excluding hydrogens is 443 g/mol. The summed E-state index contributed by atoms with van der Waals surface area (Å²) in [5.41, 5.74) is 0. The van der Waals surface area contributed by atoms with Crippen LogP contribution in [0.15, 0.2) is 9.37 Å². The Bertz CT molecular complexity index is 586. The van der Waals surface area contributed by atoms with Crippen LogP contribution in [0.3, 0.4) is 0 Å². The number of nitrogens with one attached hydrogen (secondary N) is 1. The Hall–Kier alpha value is 0.630. The van der Waals surface area contributed by atoms with Crippen LogP contribution >= 0.6 is 50.5 Å². The van der Waals surface area contributed by atoms with Gasteiger partial charge in [-0.3, -0.25) is 0 Å². The maximum atomic E-state index is 12.4. The third kappa shape index (κ3) is 6.80. The van der Waals surface area contributed by atoms with E-state index in [2.05, 4.69) is 39.4 Å². The molecule has 1 N–H and O–H groups in total. The van der Waals surface area contributed by atoms with Gasteiger partial charge in [-0.1, -0.05) is 49.9 Å². The monoisotopic (exact) mass is 464 g/mol. The smallest absolute Gasteiger partial charge is 0.244 e. The van der Waals surface area contributed by atoms with E-state index in [0.29, 0.717) is 21.9 Å². The molecule has 0 fully saturated rings. The van der Waals surface area contributed by atoms with Crippen molar-refractivity contribution in [1.29, 1.82) is 0 Å². The Labute approximate surface area is 161 Å². The summed E-state index contributed by atoms with van der Waals surface area (Å²) in [6.45, 7) is 7.33. The Morgan fingerprint density at radius 3 is 2.09 bits per heavy atom. The summed E-state index contributed by atoms with van der Waals surface area (Å²) in [7, 11) is -3.67. The Kier molecular flexibility index (Phi) is 9.97. The average Bonchev–Trinajstić information content (AvgIpc) is 2.74. The molecule has 4 nitrogen and oxygen atoms in total. The van der Waals surface area contributed by atoms with Gasteiger partial charge in [-0.2, -0.15) is 0 Å². The number of unbranched alkanes of at least 4 members (excludes halogenated alkanes) is 2. The van der Waals surface area contributed by atoms with E-state index in [-0.39, 0.29) is 9.23 Å². The Morgan fingerprint density at radius 2 is 1.65 bits per heavy atom. The summed E-state index contributed by atoms with van der Waals surface area (Å²) in [5, 5.41) is 0. The van der Waals surface area contributed by atoms with Crippen LogP contribution < -0.4 is 4.72 Å². The average molecular weight is 466 g/mol. The summed E-state index contributed by atoms with van der Waals surface area (Å²) < 4.78 is 28.3. The first-order valence-electron chi connectivity index (χ1n) is 7.68. The molecule has 1 aromatic heterocycles. The van der Waals surface area contributed by atoms with Crippen molar-refractivity contribution in [2.45, 2.75) is 44.4 Å². The zero-order chi connectivity index (χ0) is 17.5. The SMILES string of the molecule is CCCCN(CCCC)CCNS(=O)(=O)c1c(Cl)sc(Cl)c1Br. The van der Waals surface area contributed by atoms with Crippen LogP contribution in [-0.2, 0) is 10.0 Å². The highest BCUT2D eigenvalue weighted by molar-refractivity contribution is 9.10. The number of rotatable bonds is 11. The van der Waals surface area contributed by atoms with Gasteiger partial charge in [0, 0.05) is 13.1 Å². The summed E-state index contributed by atoms with van der Waals surface area (Å²) in [6.07, 6.45) is 4.50. The van der Waals surface area contributed by atoms with Crippen molar-refractivity contribution in [1.82, 2.24) is 9.62 Å². The molecule has 0 amide bonds. The van der Waals surface area contributed by atoms with Crippen molar-refractivity contribution < 1.29 is 8.42 Å². The maximum absolute atomic E-state index is 12.4. The molecule has 134 valence electrons. The van der Waals surface area contributed by atoms with Gasteiger partial charge in [-0.15, -0.1) is 11.3 Å². The number of sulfonamides is 1. The molecule has 1 heterocycles. The standard InChI is InChI=1S/C14H23BrCl2N2O2S2/c1-3-5-8-19(9-6-4-2)10-7-18-23(20,21)12-11(15)13(16)22-14(12)17/h18H,3-10H2,1-2H3. The number of halogens is 3. The van der Waals surface area contributed by atoms with Crippen LogP contribution in [-0.4, -0.2) is 39.5 Å². The molecule has 23 heavy (non-hydrogen) atoms. The minimum absolute atomic E-state index is 0.0304. The molecule has 0 aliphatic heterocycles. The van der Waals surface area contributed by atoms with Gasteiger partial charge in [-0.05, 0) is 41.9 Å². The fourth-order valence-electron chi connectivity index (χ4n) is 2.08. The Morgan fingerprint density at radius 1 is 1.09 bits per heavy atom. The zero-order valence-electron chi connectivity index (χ0n) is 13.4. The molecule has 0 aliphatic carbocycles. The van der Waals surface area contributed by atoms with Crippen LogP contribution in [0.1, 0.15) is 39.5 Å². The molecule has 1 aromatic rings. The van der Waals surface area contributed by atoms with Gasteiger partial charge in [-0.25, -0.2) is 13.1 Å². The third-order valence-electron chi connectivity index (χ3n) is 3.37. The molecular formula is C14H23BrCl2N2O2S2. The van der Waals surface area contributed by atoms with E-state index in [1.807, 2.05) is 0 Å². The molecule has 0 unspecified atom stereocenters. The number of thiophene rings is 1. The van der Waals surface area contributed by atoms with E-state index in [4.69, 9.17) is 23.2 Å². The van der Waals surface area contributed by atoms with Crippen molar-refractivity contribution in [3.63, 3.8) is 0 Å². The second kappa shape index (κ2) is 10.6. The van der Waals surface area contributed by atoms with Gasteiger partial charge in [0.25, 0.3) is 0 Å². The largest absolute Gasteiger partial charge is 0.302 e. The van der Waals surface area contributed by atoms with Gasteiger partial charge < -0.3 is 4.90 Å². The summed E-state index contributed by atoms with van der Waals surface area (Å²) in [5.74, 6) is 0. The van der Waals surface area contributed by atoms with Gasteiger partial charge in [0.15, 0.2) is 0 Å². The first-order valence-corrected chi connectivity index (χ1v) is 11.5. The number of hydrogen-bond donors (Lipinski definition) is 1. The third-order valence-corrected chi connectivity index (χ3v) is 8.30. The topological polar surface area (TPSA) is 49.4 Å². The van der Waals surface area contributed by atoms with E-state index < -0.39 is 10.0 Å². The predicted octanol–water partition coefficient (Wildman–Crippen LogP) is 5.00. The van der Waals surface area contributed by atoms with Crippen LogP contribution in [0.2, 0.25) is 8.67 Å². The summed E-state index contributed by atoms with van der Waals surface area (Å²) >= 11 is 16.1. The van der Waals surface area contributed by atoms with Crippen molar-refractivity contribution in [2.75, 3.05) is 26.2 Å². The van der Waals surface area contributed by atoms with E-state index in [1.165, 1.54) is 0 Å². The predicted molar refractivity (Wildman–Crippen MR) is 103 cm³/mol. The van der Waals surface area contributed by atoms with Gasteiger partial charge in [0.05, 0.1) is 4.47 Å². The van der Waals surface area contributed by atoms with Gasteiger partial charge in [0.1, 0.15) is 13.6 Å². The lowest BCUT2D eigenvalue weighted by Gasteiger charge is -2.22. The number of hydrogen-bond acceptors (Lipinski definition) is 4. The number of nitrogens with zero attached hydrogens (tertiary/aromatic N) is 1. The van der Waals surface area contributed by atoms with Crippen LogP contribution in [0.25, 0.3) is 0 Å². The molecule has 0 saturated carbocycles. The second-order valence-corrected chi connectivity index (χ2v) is 9.96. The summed E-state index contributed by atoms with van der Waals surface area (Å²) in [4.78, 5) is 2.33. The van der Waals surface area contributed by atoms with E-state index in [9.17, 15) is 8.42 Å². The fourth-order valence-corrected chi connectivity index (χ4v) is 6.65. The normalized spacial score (nSPS) is 12.3. The minimum atomic E-state index is -3.67. The van der Waals surface area contributed by atoms with Crippen molar-refractivity contribution in [2.24, 2.45) is 0 Å². The van der Waals surface area contributed by atoms with Crippen LogP contribution in [0.5, 0.6) is 0 Å². The first-order chi connectivity index (χ1) is 10.8. The molecule has 0 aromatic carbocycles. The first kappa shape index (κ1) is 21.7. The lowest BCUT2D eigenvalue weighted by Crippen LogP contribution is -2.36. The summed E-state index contributed by atoms with van der Waals surface area (Å²) in [6, 6.07) is 0. The van der Waals surface area contributed by atoms with Crippen LogP contribution in [0, 0.1) is 0 Å². The van der Waals surface area contributed by atoms with E-state index in [0.717, 1.165) is 50.1 Å². The molecule has 0 saturated heterocycles. The lowest BCUT2D eigenvalue weighted by molar-refractivity contribution is 0.269. The highest BCUT2D eigenvalue weighted by Gasteiger charge is 2.26. The van der Waals surface area contributed by atoms with E-state index >= 15 is 0 Å². The minimum Gasteiger partial charge on any atom is -0.302 e. The lowest BCUT2D eigenvalue weighted by atomic mass is 10.2. The quantitative estimate of drug-likeness (QED) is 0.500. The Balaban J connectivity index is 2.64. The van der Waals surface area contributed by atoms with Crippen molar-refractivity contribution in [3.8, 4) is 0 Å². The molecule has 9 heteroatoms. The fraction of sp³-hybridized carbons (Fsp3) is 0.714. The van der Waals surface area contributed by atoms with Gasteiger partial charge in [0.2, 0.25) is 10.0 Å². The van der Waals surface area contributed by atoms with Gasteiger partial charge >= 0.3 is 0 Å². The van der Waals surface area contributed by atoms with E-state index in [1.54, 1.807) is 0 Å². The zero-order valence-corrected chi connectivity index (χ0v) is 18.1. The van der Waals surface area contributed by atoms with Crippen molar-refractivity contribution >= 4 is 60.5 Å². The molecule has 0 atom stereocenters. The molecule has 0 aliphatic rings. The second-order valence-electron chi connectivity index (χ2n) is 5.24. The molecule has 0 spiro atoms. The molecule has 0 bridgehead atoms.